The number of rotatable bonds is 4. The first kappa shape index (κ1) is 15.4. The van der Waals surface area contributed by atoms with Crippen molar-refractivity contribution in [3.05, 3.63) is 48.3 Å². The van der Waals surface area contributed by atoms with Crippen LogP contribution in [0.4, 0.5) is 10.5 Å². The lowest BCUT2D eigenvalue weighted by atomic mass is 10.1. The summed E-state index contributed by atoms with van der Waals surface area (Å²) in [6.45, 7) is 2.39. The van der Waals surface area contributed by atoms with E-state index < -0.39 is 0 Å². The Hall–Kier alpha value is -2.50. The molecule has 0 spiro atoms. The van der Waals surface area contributed by atoms with Gasteiger partial charge in [0.25, 0.3) is 0 Å². The fraction of sp³-hybridized carbons (Fsp3) is 0.412. The van der Waals surface area contributed by atoms with Gasteiger partial charge in [0.2, 0.25) is 0 Å². The minimum absolute atomic E-state index is 0.117. The predicted molar refractivity (Wildman–Crippen MR) is 90.3 cm³/mol. The number of nitrogens with zero attached hydrogens (tertiary/aromatic N) is 3. The van der Waals surface area contributed by atoms with Gasteiger partial charge in [0.1, 0.15) is 0 Å². The molecule has 122 valence electrons. The van der Waals surface area contributed by atoms with Gasteiger partial charge in [0.15, 0.2) is 0 Å². The van der Waals surface area contributed by atoms with E-state index in [9.17, 15) is 4.79 Å². The zero-order valence-corrected chi connectivity index (χ0v) is 13.4. The summed E-state index contributed by atoms with van der Waals surface area (Å²) >= 11 is 0. The number of aromatic nitrogens is 2. The van der Waals surface area contributed by atoms with Gasteiger partial charge in [-0.2, -0.15) is 5.10 Å². The van der Waals surface area contributed by atoms with Crippen LogP contribution in [0.5, 0.6) is 0 Å². The van der Waals surface area contributed by atoms with Crippen molar-refractivity contribution in [1.29, 1.82) is 0 Å². The number of para-hydroxylation sites is 1. The van der Waals surface area contributed by atoms with Crippen LogP contribution in [0.15, 0.2) is 42.7 Å². The molecule has 1 aliphatic heterocycles. The van der Waals surface area contributed by atoms with Crippen molar-refractivity contribution in [1.82, 2.24) is 20.4 Å². The summed E-state index contributed by atoms with van der Waals surface area (Å²) in [4.78, 5) is 14.4. The van der Waals surface area contributed by atoms with Crippen molar-refractivity contribution >= 4 is 11.7 Å². The summed E-state index contributed by atoms with van der Waals surface area (Å²) in [6, 6.07) is 10.4. The number of benzene rings is 1. The van der Waals surface area contributed by atoms with Gasteiger partial charge < -0.3 is 15.5 Å². The third-order valence-corrected chi connectivity index (χ3v) is 4.09. The zero-order valence-electron chi connectivity index (χ0n) is 13.4. The second-order valence-electron chi connectivity index (χ2n) is 5.97. The Bertz CT molecular complexity index is 639. The van der Waals surface area contributed by atoms with Gasteiger partial charge in [-0.25, -0.2) is 4.79 Å². The maximum atomic E-state index is 12.1. The summed E-state index contributed by atoms with van der Waals surface area (Å²) in [5, 5.41) is 10.1. The fourth-order valence-corrected chi connectivity index (χ4v) is 2.95. The van der Waals surface area contributed by atoms with Crippen LogP contribution in [-0.2, 0) is 13.6 Å². The predicted octanol–water partition coefficient (Wildman–Crippen LogP) is 1.89. The van der Waals surface area contributed by atoms with Crippen LogP contribution in [0.3, 0.4) is 0 Å². The van der Waals surface area contributed by atoms with Gasteiger partial charge in [-0.3, -0.25) is 4.68 Å². The van der Waals surface area contributed by atoms with Crippen LogP contribution in [0, 0.1) is 0 Å². The average molecular weight is 313 g/mol. The molecular weight excluding hydrogens is 290 g/mol. The van der Waals surface area contributed by atoms with Crippen LogP contribution in [0.2, 0.25) is 0 Å². The molecule has 6 heteroatoms. The minimum Gasteiger partial charge on any atom is -0.369 e. The van der Waals surface area contributed by atoms with Gasteiger partial charge in [-0.1, -0.05) is 18.2 Å². The second-order valence-corrected chi connectivity index (χ2v) is 5.97. The van der Waals surface area contributed by atoms with E-state index in [1.807, 2.05) is 31.4 Å². The lowest BCUT2D eigenvalue weighted by Gasteiger charge is -2.34. The second kappa shape index (κ2) is 7.17. The summed E-state index contributed by atoms with van der Waals surface area (Å²) in [5.74, 6) is 0. The standard InChI is InChI=1S/C17H23N5O/c1-21-12-14(11-19-21)10-18-17(23)20-15-6-5-9-22(13-15)16-7-3-2-4-8-16/h2-4,7-8,11-12,15H,5-6,9-10,13H2,1H3,(H2,18,20,23)/t15-/m0/s1. The topological polar surface area (TPSA) is 62.2 Å². The molecule has 1 fully saturated rings. The highest BCUT2D eigenvalue weighted by atomic mass is 16.2. The minimum atomic E-state index is -0.117. The number of carbonyl (C=O) groups is 1. The van der Waals surface area contributed by atoms with E-state index in [-0.39, 0.29) is 12.1 Å². The number of urea groups is 1. The number of piperidine rings is 1. The molecule has 0 radical (unpaired) electrons. The van der Waals surface area contributed by atoms with Crippen molar-refractivity contribution in [3.8, 4) is 0 Å². The summed E-state index contributed by atoms with van der Waals surface area (Å²) in [6.07, 6.45) is 5.77. The van der Waals surface area contributed by atoms with Crippen molar-refractivity contribution in [2.75, 3.05) is 18.0 Å². The highest BCUT2D eigenvalue weighted by molar-refractivity contribution is 5.74. The molecule has 2 aromatic rings. The Balaban J connectivity index is 1.48. The van der Waals surface area contributed by atoms with Gasteiger partial charge in [-0.05, 0) is 25.0 Å². The number of nitrogens with one attached hydrogen (secondary N) is 2. The Morgan fingerprint density at radius 1 is 1.35 bits per heavy atom. The molecule has 6 nitrogen and oxygen atoms in total. The molecule has 23 heavy (non-hydrogen) atoms. The van der Waals surface area contributed by atoms with Gasteiger partial charge in [-0.15, -0.1) is 0 Å². The number of amides is 2. The molecule has 1 aromatic heterocycles. The molecule has 0 saturated carbocycles. The Morgan fingerprint density at radius 3 is 2.91 bits per heavy atom. The highest BCUT2D eigenvalue weighted by Gasteiger charge is 2.21. The molecule has 2 amide bonds. The summed E-state index contributed by atoms with van der Waals surface area (Å²) in [5.41, 5.74) is 2.21. The first-order valence-electron chi connectivity index (χ1n) is 8.02. The monoisotopic (exact) mass is 313 g/mol. The Morgan fingerprint density at radius 2 is 2.17 bits per heavy atom. The molecule has 2 heterocycles. The molecule has 1 aliphatic rings. The van der Waals surface area contributed by atoms with Crippen molar-refractivity contribution in [2.45, 2.75) is 25.4 Å². The number of hydrogen-bond acceptors (Lipinski definition) is 3. The van der Waals surface area contributed by atoms with Crippen LogP contribution in [0.25, 0.3) is 0 Å². The van der Waals surface area contributed by atoms with Crippen molar-refractivity contribution in [3.63, 3.8) is 0 Å². The van der Waals surface area contributed by atoms with E-state index in [2.05, 4.69) is 32.8 Å². The number of anilines is 1. The van der Waals surface area contributed by atoms with Crippen LogP contribution in [0.1, 0.15) is 18.4 Å². The van der Waals surface area contributed by atoms with Crippen molar-refractivity contribution in [2.24, 2.45) is 7.05 Å². The first-order chi connectivity index (χ1) is 11.2. The van der Waals surface area contributed by atoms with E-state index in [0.717, 1.165) is 31.5 Å². The highest BCUT2D eigenvalue weighted by Crippen LogP contribution is 2.19. The van der Waals surface area contributed by atoms with Gasteiger partial charge in [0, 0.05) is 50.2 Å². The molecule has 0 aliphatic carbocycles. The summed E-state index contributed by atoms with van der Waals surface area (Å²) in [7, 11) is 1.86. The molecule has 1 atom stereocenters. The first-order valence-corrected chi connectivity index (χ1v) is 8.02. The van der Waals surface area contributed by atoms with E-state index >= 15 is 0 Å². The van der Waals surface area contributed by atoms with Crippen LogP contribution >= 0.6 is 0 Å². The number of carbonyl (C=O) groups excluding carboxylic acids is 1. The maximum absolute atomic E-state index is 12.1. The van der Waals surface area contributed by atoms with E-state index in [1.54, 1.807) is 10.9 Å². The SMILES string of the molecule is Cn1cc(CNC(=O)N[C@H]2CCCN(c3ccccc3)C2)cn1. The normalized spacial score (nSPS) is 17.8. The van der Waals surface area contributed by atoms with Crippen LogP contribution in [-0.4, -0.2) is 34.9 Å². The van der Waals surface area contributed by atoms with Gasteiger partial charge in [0.05, 0.1) is 6.20 Å². The third-order valence-electron chi connectivity index (χ3n) is 4.09. The Kier molecular flexibility index (Phi) is 4.80. The van der Waals surface area contributed by atoms with E-state index in [4.69, 9.17) is 0 Å². The molecular formula is C17H23N5O. The third kappa shape index (κ3) is 4.25. The Labute approximate surface area is 136 Å². The van der Waals surface area contributed by atoms with E-state index in [0.29, 0.717) is 6.54 Å². The lowest BCUT2D eigenvalue weighted by molar-refractivity contribution is 0.234. The molecule has 3 rings (SSSR count). The average Bonchev–Trinajstić information content (AvgIpc) is 3.00. The fourth-order valence-electron chi connectivity index (χ4n) is 2.95. The van der Waals surface area contributed by atoms with E-state index in [1.165, 1.54) is 5.69 Å². The summed E-state index contributed by atoms with van der Waals surface area (Å²) < 4.78 is 1.73. The van der Waals surface area contributed by atoms with Gasteiger partial charge >= 0.3 is 6.03 Å². The van der Waals surface area contributed by atoms with Crippen LogP contribution < -0.4 is 15.5 Å². The molecule has 2 N–H and O–H groups in total. The molecule has 0 bridgehead atoms. The molecule has 1 aromatic carbocycles. The smallest absolute Gasteiger partial charge is 0.315 e. The lowest BCUT2D eigenvalue weighted by Crippen LogP contribution is -2.50. The molecule has 0 unspecified atom stereocenters. The largest absolute Gasteiger partial charge is 0.369 e. The quantitative estimate of drug-likeness (QED) is 0.906. The maximum Gasteiger partial charge on any atom is 0.315 e. The molecule has 1 saturated heterocycles. The van der Waals surface area contributed by atoms with Crippen molar-refractivity contribution < 1.29 is 4.79 Å². The zero-order chi connectivity index (χ0) is 16.1. The number of hydrogen-bond donors (Lipinski definition) is 2. The number of aryl methyl sites for hydroxylation is 1.